The molecule has 1 aromatic heterocycles. The summed E-state index contributed by atoms with van der Waals surface area (Å²) in [4.78, 5) is 17.7. The highest BCUT2D eigenvalue weighted by Gasteiger charge is 2.24. The van der Waals surface area contributed by atoms with Gasteiger partial charge in [-0.2, -0.15) is 0 Å². The van der Waals surface area contributed by atoms with Crippen molar-refractivity contribution in [3.05, 3.63) is 54.1 Å². The van der Waals surface area contributed by atoms with Gasteiger partial charge in [-0.25, -0.2) is 0 Å². The van der Waals surface area contributed by atoms with E-state index in [0.29, 0.717) is 6.42 Å². The molecule has 5 heteroatoms. The average molecular weight is 410 g/mol. The molecule has 0 atom stereocenters. The number of nitrogens with one attached hydrogen (secondary N) is 1. The molecule has 0 aliphatic rings. The Labute approximate surface area is 176 Å². The molecule has 0 fully saturated rings. The molecule has 0 radical (unpaired) electrons. The Morgan fingerprint density at radius 2 is 1.41 bits per heavy atom. The Hall–Kier alpha value is -2.66. The van der Waals surface area contributed by atoms with Gasteiger partial charge in [0.15, 0.2) is 5.78 Å². The Balaban J connectivity index is 2.15. The molecule has 0 unspecified atom stereocenters. The lowest BCUT2D eigenvalue weighted by atomic mass is 10.0. The lowest BCUT2D eigenvalue weighted by molar-refractivity contribution is 0.0978. The molecule has 0 saturated carbocycles. The maximum atomic E-state index is 13.2. The molecule has 2 aromatic carbocycles. The number of aromatic amines is 1. The van der Waals surface area contributed by atoms with E-state index in [4.69, 9.17) is 9.47 Å². The van der Waals surface area contributed by atoms with Gasteiger partial charge >= 0.3 is 0 Å². The van der Waals surface area contributed by atoms with Crippen LogP contribution in [0.4, 0.5) is 0 Å². The molecular weight excluding hydrogens is 382 g/mol. The van der Waals surface area contributed by atoms with Gasteiger partial charge in [-0.05, 0) is 72.3 Å². The van der Waals surface area contributed by atoms with Crippen LogP contribution in [0.5, 0.6) is 11.5 Å². The lowest BCUT2D eigenvalue weighted by Gasteiger charge is -2.07. The number of benzene rings is 2. The molecule has 4 nitrogen and oxygen atoms in total. The standard InChI is InChI=1S/C24H27NO3S/c1-5-6-7-20(26)21-22(16-8-12-18(27-2)13-9-16)25-23(24(21)29-4)17-10-14-19(28-3)15-11-17/h8-15,25H,5-7H2,1-4H3. The molecule has 0 bridgehead atoms. The number of rotatable bonds is 9. The van der Waals surface area contributed by atoms with Gasteiger partial charge in [0.1, 0.15) is 11.5 Å². The summed E-state index contributed by atoms with van der Waals surface area (Å²) in [6, 6.07) is 15.7. The summed E-state index contributed by atoms with van der Waals surface area (Å²) in [6.45, 7) is 2.10. The molecule has 152 valence electrons. The van der Waals surface area contributed by atoms with Crippen LogP contribution in [-0.4, -0.2) is 31.2 Å². The number of unbranched alkanes of at least 4 members (excludes halogenated alkanes) is 1. The fourth-order valence-corrected chi connectivity index (χ4v) is 4.14. The van der Waals surface area contributed by atoms with Crippen LogP contribution >= 0.6 is 11.8 Å². The van der Waals surface area contributed by atoms with Crippen molar-refractivity contribution >= 4 is 17.5 Å². The first kappa shape index (κ1) is 21.1. The van der Waals surface area contributed by atoms with Crippen LogP contribution in [0.3, 0.4) is 0 Å². The fourth-order valence-electron chi connectivity index (χ4n) is 3.35. The molecule has 0 saturated heterocycles. The smallest absolute Gasteiger partial charge is 0.166 e. The third-order valence-corrected chi connectivity index (χ3v) is 5.77. The monoisotopic (exact) mass is 409 g/mol. The first-order chi connectivity index (χ1) is 14.1. The number of ether oxygens (including phenoxy) is 2. The summed E-state index contributed by atoms with van der Waals surface area (Å²) < 4.78 is 10.6. The van der Waals surface area contributed by atoms with Gasteiger partial charge in [0, 0.05) is 11.3 Å². The van der Waals surface area contributed by atoms with Crippen LogP contribution in [0, 0.1) is 0 Å². The highest BCUT2D eigenvalue weighted by molar-refractivity contribution is 7.98. The second-order valence-electron chi connectivity index (χ2n) is 6.77. The summed E-state index contributed by atoms with van der Waals surface area (Å²) in [5, 5.41) is 0. The van der Waals surface area contributed by atoms with Crippen molar-refractivity contribution in [2.75, 3.05) is 20.5 Å². The van der Waals surface area contributed by atoms with Crippen molar-refractivity contribution in [3.63, 3.8) is 0 Å². The lowest BCUT2D eigenvalue weighted by Crippen LogP contribution is -2.01. The number of methoxy groups -OCH3 is 2. The van der Waals surface area contributed by atoms with Crippen molar-refractivity contribution in [1.82, 2.24) is 4.98 Å². The average Bonchev–Trinajstić information content (AvgIpc) is 3.17. The molecule has 0 aliphatic heterocycles. The zero-order valence-electron chi connectivity index (χ0n) is 17.4. The van der Waals surface area contributed by atoms with E-state index in [1.54, 1.807) is 26.0 Å². The third kappa shape index (κ3) is 4.51. The summed E-state index contributed by atoms with van der Waals surface area (Å²) in [7, 11) is 3.31. The Morgan fingerprint density at radius 3 is 1.86 bits per heavy atom. The molecule has 1 N–H and O–H groups in total. The quantitative estimate of drug-likeness (QED) is 0.325. The molecule has 0 spiro atoms. The number of ketones is 1. The number of hydrogen-bond donors (Lipinski definition) is 1. The zero-order chi connectivity index (χ0) is 20.8. The summed E-state index contributed by atoms with van der Waals surface area (Å²) in [5.41, 5.74) is 4.61. The summed E-state index contributed by atoms with van der Waals surface area (Å²) in [6.07, 6.45) is 4.45. The van der Waals surface area contributed by atoms with Crippen LogP contribution < -0.4 is 9.47 Å². The Kier molecular flexibility index (Phi) is 7.04. The number of thioether (sulfide) groups is 1. The van der Waals surface area contributed by atoms with E-state index in [9.17, 15) is 4.79 Å². The van der Waals surface area contributed by atoms with E-state index in [1.807, 2.05) is 54.8 Å². The summed E-state index contributed by atoms with van der Waals surface area (Å²) in [5.74, 6) is 1.78. The zero-order valence-corrected chi connectivity index (χ0v) is 18.2. The van der Waals surface area contributed by atoms with E-state index in [0.717, 1.165) is 57.3 Å². The number of carbonyl (C=O) groups excluding carboxylic acids is 1. The first-order valence-corrected chi connectivity index (χ1v) is 11.0. The van der Waals surface area contributed by atoms with E-state index < -0.39 is 0 Å². The second-order valence-corrected chi connectivity index (χ2v) is 7.58. The molecule has 29 heavy (non-hydrogen) atoms. The number of H-pyrrole nitrogens is 1. The Morgan fingerprint density at radius 1 is 0.897 bits per heavy atom. The van der Waals surface area contributed by atoms with Crippen molar-refractivity contribution in [2.24, 2.45) is 0 Å². The minimum absolute atomic E-state index is 0.179. The maximum absolute atomic E-state index is 13.2. The second kappa shape index (κ2) is 9.70. The predicted molar refractivity (Wildman–Crippen MR) is 120 cm³/mol. The number of aromatic nitrogens is 1. The predicted octanol–water partition coefficient (Wildman–Crippen LogP) is 6.46. The van der Waals surface area contributed by atoms with E-state index in [-0.39, 0.29) is 5.78 Å². The number of Topliss-reactive ketones (excluding diaryl/α,β-unsaturated/α-hetero) is 1. The molecule has 3 rings (SSSR count). The van der Waals surface area contributed by atoms with Gasteiger partial charge in [0.25, 0.3) is 0 Å². The third-order valence-electron chi connectivity index (χ3n) is 4.95. The van der Waals surface area contributed by atoms with Crippen molar-refractivity contribution in [3.8, 4) is 34.0 Å². The molecule has 0 amide bonds. The minimum Gasteiger partial charge on any atom is -0.497 e. The van der Waals surface area contributed by atoms with Gasteiger partial charge in [0.05, 0.1) is 31.2 Å². The van der Waals surface area contributed by atoms with Crippen LogP contribution in [0.2, 0.25) is 0 Å². The molecular formula is C24H27NO3S. The molecule has 0 aliphatic carbocycles. The SMILES string of the molecule is CCCCC(=O)c1c(-c2ccc(OC)cc2)[nH]c(-c2ccc(OC)cc2)c1SC. The van der Waals surface area contributed by atoms with E-state index >= 15 is 0 Å². The van der Waals surface area contributed by atoms with Crippen LogP contribution in [0.15, 0.2) is 53.4 Å². The van der Waals surface area contributed by atoms with Gasteiger partial charge in [-0.1, -0.05) is 13.3 Å². The van der Waals surface area contributed by atoms with E-state index in [2.05, 4.69) is 11.9 Å². The Bertz CT molecular complexity index is 959. The minimum atomic E-state index is 0.179. The topological polar surface area (TPSA) is 51.3 Å². The van der Waals surface area contributed by atoms with Gasteiger partial charge in [0.2, 0.25) is 0 Å². The van der Waals surface area contributed by atoms with Crippen molar-refractivity contribution < 1.29 is 14.3 Å². The first-order valence-electron chi connectivity index (χ1n) is 9.74. The van der Waals surface area contributed by atoms with Crippen LogP contribution in [-0.2, 0) is 0 Å². The van der Waals surface area contributed by atoms with Crippen LogP contribution in [0.1, 0.15) is 36.5 Å². The molecule has 1 heterocycles. The number of carbonyl (C=O) groups is 1. The highest BCUT2D eigenvalue weighted by Crippen LogP contribution is 2.40. The molecule has 3 aromatic rings. The number of hydrogen-bond acceptors (Lipinski definition) is 4. The van der Waals surface area contributed by atoms with Gasteiger partial charge in [-0.15, -0.1) is 11.8 Å². The summed E-state index contributed by atoms with van der Waals surface area (Å²) >= 11 is 1.60. The van der Waals surface area contributed by atoms with E-state index in [1.165, 1.54) is 0 Å². The van der Waals surface area contributed by atoms with Crippen LogP contribution in [0.25, 0.3) is 22.5 Å². The maximum Gasteiger partial charge on any atom is 0.166 e. The van der Waals surface area contributed by atoms with Crippen molar-refractivity contribution in [1.29, 1.82) is 0 Å². The largest absolute Gasteiger partial charge is 0.497 e. The fraction of sp³-hybridized carbons (Fsp3) is 0.292. The van der Waals surface area contributed by atoms with Gasteiger partial charge in [-0.3, -0.25) is 4.79 Å². The van der Waals surface area contributed by atoms with Crippen molar-refractivity contribution in [2.45, 2.75) is 31.1 Å². The normalized spacial score (nSPS) is 10.8. The van der Waals surface area contributed by atoms with Gasteiger partial charge < -0.3 is 14.5 Å². The highest BCUT2D eigenvalue weighted by atomic mass is 32.2.